The molecule has 1 fully saturated rings. The molecule has 19 heavy (non-hydrogen) atoms. The molecule has 1 aromatic rings. The second-order valence-electron chi connectivity index (χ2n) is 5.07. The number of nitrogens with zero attached hydrogens (tertiary/aromatic N) is 1. The van der Waals surface area contributed by atoms with Crippen LogP contribution in [0.2, 0.25) is 0 Å². The lowest BCUT2D eigenvalue weighted by Gasteiger charge is -2.27. The fourth-order valence-electron chi connectivity index (χ4n) is 2.74. The molecule has 1 aromatic carbocycles. The highest BCUT2D eigenvalue weighted by Gasteiger charge is 2.23. The van der Waals surface area contributed by atoms with Crippen molar-refractivity contribution < 1.29 is 13.5 Å². The lowest BCUT2D eigenvalue weighted by atomic mass is 10.0. The van der Waals surface area contributed by atoms with Crippen LogP contribution in [0.4, 0.5) is 8.78 Å². The van der Waals surface area contributed by atoms with Gasteiger partial charge < -0.3 is 15.0 Å². The van der Waals surface area contributed by atoms with Crippen LogP contribution >= 0.6 is 0 Å². The van der Waals surface area contributed by atoms with Gasteiger partial charge >= 0.3 is 0 Å². The summed E-state index contributed by atoms with van der Waals surface area (Å²) < 4.78 is 33.4. The molecule has 0 amide bonds. The van der Waals surface area contributed by atoms with Gasteiger partial charge in [0.05, 0.1) is 6.61 Å². The maximum atomic E-state index is 14.2. The third kappa shape index (κ3) is 2.58. The Labute approximate surface area is 111 Å². The highest BCUT2D eigenvalue weighted by molar-refractivity contribution is 5.42. The molecule has 1 saturated heterocycles. The minimum atomic E-state index is -0.478. The standard InChI is InChI=1S/C14H18F2N2O/c15-12-9-13-11(2-8-19-13)14(16)10(12)1-5-18-6-3-17-4-7-18/h9,17H,1-8H2. The number of rotatable bonds is 3. The summed E-state index contributed by atoms with van der Waals surface area (Å²) in [6.07, 6.45) is 0.965. The molecule has 2 heterocycles. The predicted octanol–water partition coefficient (Wildman–Crippen LogP) is 1.35. The summed E-state index contributed by atoms with van der Waals surface area (Å²) in [5.41, 5.74) is 0.750. The minimum Gasteiger partial charge on any atom is -0.493 e. The summed E-state index contributed by atoms with van der Waals surface area (Å²) in [5.74, 6) is -0.503. The van der Waals surface area contributed by atoms with E-state index in [1.165, 1.54) is 6.07 Å². The first-order valence-corrected chi connectivity index (χ1v) is 6.81. The van der Waals surface area contributed by atoms with Gasteiger partial charge in [0.1, 0.15) is 17.4 Å². The lowest BCUT2D eigenvalue weighted by Crippen LogP contribution is -2.44. The fraction of sp³-hybridized carbons (Fsp3) is 0.571. The minimum absolute atomic E-state index is 0.211. The largest absolute Gasteiger partial charge is 0.493 e. The number of nitrogens with one attached hydrogen (secondary N) is 1. The Morgan fingerprint density at radius 2 is 2.05 bits per heavy atom. The number of ether oxygens (including phenoxy) is 1. The van der Waals surface area contributed by atoms with E-state index in [9.17, 15) is 8.78 Å². The number of hydrogen-bond donors (Lipinski definition) is 1. The van der Waals surface area contributed by atoms with Crippen LogP contribution in [0.5, 0.6) is 5.75 Å². The molecule has 3 nitrogen and oxygen atoms in total. The zero-order chi connectivity index (χ0) is 13.2. The van der Waals surface area contributed by atoms with E-state index in [2.05, 4.69) is 10.2 Å². The fourth-order valence-corrected chi connectivity index (χ4v) is 2.74. The molecule has 1 N–H and O–H groups in total. The van der Waals surface area contributed by atoms with Crippen molar-refractivity contribution in [2.45, 2.75) is 12.8 Å². The van der Waals surface area contributed by atoms with E-state index in [1.807, 2.05) is 0 Å². The zero-order valence-corrected chi connectivity index (χ0v) is 10.8. The number of piperazine rings is 1. The van der Waals surface area contributed by atoms with Gasteiger partial charge in [0, 0.05) is 56.3 Å². The molecular formula is C14H18F2N2O. The first kappa shape index (κ1) is 12.8. The van der Waals surface area contributed by atoms with Crippen LogP contribution < -0.4 is 10.1 Å². The number of benzene rings is 1. The monoisotopic (exact) mass is 268 g/mol. The number of fused-ring (bicyclic) bond motifs is 1. The molecule has 0 aromatic heterocycles. The summed E-state index contributed by atoms with van der Waals surface area (Å²) in [7, 11) is 0. The molecule has 0 bridgehead atoms. The topological polar surface area (TPSA) is 24.5 Å². The third-order valence-corrected chi connectivity index (χ3v) is 3.87. The normalized spacial score (nSPS) is 19.3. The van der Waals surface area contributed by atoms with Crippen molar-refractivity contribution in [2.75, 3.05) is 39.3 Å². The Morgan fingerprint density at radius 1 is 1.26 bits per heavy atom. The maximum absolute atomic E-state index is 14.2. The molecule has 0 spiro atoms. The van der Waals surface area contributed by atoms with E-state index in [0.29, 0.717) is 37.3 Å². The van der Waals surface area contributed by atoms with Gasteiger partial charge in [0.25, 0.3) is 0 Å². The Balaban J connectivity index is 1.73. The van der Waals surface area contributed by atoms with Crippen LogP contribution in [0.3, 0.4) is 0 Å². The molecule has 5 heteroatoms. The van der Waals surface area contributed by atoms with Crippen LogP contribution in [-0.2, 0) is 12.8 Å². The quantitative estimate of drug-likeness (QED) is 0.895. The predicted molar refractivity (Wildman–Crippen MR) is 68.6 cm³/mol. The van der Waals surface area contributed by atoms with Gasteiger partial charge in [-0.15, -0.1) is 0 Å². The van der Waals surface area contributed by atoms with Crippen LogP contribution in [0.1, 0.15) is 11.1 Å². The van der Waals surface area contributed by atoms with Crippen molar-refractivity contribution in [3.63, 3.8) is 0 Å². The van der Waals surface area contributed by atoms with E-state index in [-0.39, 0.29) is 5.56 Å². The maximum Gasteiger partial charge on any atom is 0.136 e. The second kappa shape index (κ2) is 5.43. The van der Waals surface area contributed by atoms with E-state index >= 15 is 0 Å². The van der Waals surface area contributed by atoms with Crippen LogP contribution in [0, 0.1) is 11.6 Å². The highest BCUT2D eigenvalue weighted by Crippen LogP contribution is 2.31. The molecule has 0 saturated carbocycles. The van der Waals surface area contributed by atoms with E-state index < -0.39 is 11.6 Å². The van der Waals surface area contributed by atoms with Gasteiger partial charge in [-0.3, -0.25) is 0 Å². The Hall–Kier alpha value is -1.20. The van der Waals surface area contributed by atoms with Crippen molar-refractivity contribution in [3.8, 4) is 5.75 Å². The SMILES string of the molecule is Fc1cc2c(c(F)c1CCN1CCNCC1)CCO2. The van der Waals surface area contributed by atoms with Gasteiger partial charge in [-0.1, -0.05) is 0 Å². The Bertz CT molecular complexity index is 473. The van der Waals surface area contributed by atoms with Gasteiger partial charge in [0.2, 0.25) is 0 Å². The number of halogens is 2. The van der Waals surface area contributed by atoms with Crippen molar-refractivity contribution in [1.29, 1.82) is 0 Å². The summed E-state index contributed by atoms with van der Waals surface area (Å²) in [5, 5.41) is 3.26. The van der Waals surface area contributed by atoms with Crippen molar-refractivity contribution in [1.82, 2.24) is 10.2 Å². The molecule has 0 radical (unpaired) electrons. The Morgan fingerprint density at radius 3 is 2.84 bits per heavy atom. The van der Waals surface area contributed by atoms with Crippen LogP contribution in [0.25, 0.3) is 0 Å². The number of hydrogen-bond acceptors (Lipinski definition) is 3. The molecule has 2 aliphatic heterocycles. The Kier molecular flexibility index (Phi) is 3.66. The smallest absolute Gasteiger partial charge is 0.136 e. The summed E-state index contributed by atoms with van der Waals surface area (Å²) in [6, 6.07) is 1.33. The molecule has 0 aliphatic carbocycles. The molecular weight excluding hydrogens is 250 g/mol. The van der Waals surface area contributed by atoms with Crippen molar-refractivity contribution in [3.05, 3.63) is 28.8 Å². The zero-order valence-electron chi connectivity index (χ0n) is 10.8. The first-order chi connectivity index (χ1) is 9.25. The summed E-state index contributed by atoms with van der Waals surface area (Å²) in [4.78, 5) is 2.24. The molecule has 3 rings (SSSR count). The van der Waals surface area contributed by atoms with Gasteiger partial charge in [-0.05, 0) is 6.42 Å². The van der Waals surface area contributed by atoms with Crippen LogP contribution in [-0.4, -0.2) is 44.2 Å². The van der Waals surface area contributed by atoms with E-state index in [0.717, 1.165) is 26.2 Å². The lowest BCUT2D eigenvalue weighted by molar-refractivity contribution is 0.242. The summed E-state index contributed by atoms with van der Waals surface area (Å²) >= 11 is 0. The molecule has 104 valence electrons. The molecule has 2 aliphatic rings. The second-order valence-corrected chi connectivity index (χ2v) is 5.07. The average molecular weight is 268 g/mol. The van der Waals surface area contributed by atoms with Gasteiger partial charge in [-0.25, -0.2) is 8.78 Å². The first-order valence-electron chi connectivity index (χ1n) is 6.81. The van der Waals surface area contributed by atoms with Crippen molar-refractivity contribution >= 4 is 0 Å². The van der Waals surface area contributed by atoms with Crippen molar-refractivity contribution in [2.24, 2.45) is 0 Å². The highest BCUT2D eigenvalue weighted by atomic mass is 19.1. The van der Waals surface area contributed by atoms with E-state index in [1.54, 1.807) is 0 Å². The average Bonchev–Trinajstić information content (AvgIpc) is 2.88. The van der Waals surface area contributed by atoms with Crippen LogP contribution in [0.15, 0.2) is 6.07 Å². The third-order valence-electron chi connectivity index (χ3n) is 3.87. The molecule has 0 unspecified atom stereocenters. The summed E-state index contributed by atoms with van der Waals surface area (Å²) in [6.45, 7) is 4.93. The van der Waals surface area contributed by atoms with E-state index in [4.69, 9.17) is 4.74 Å². The van der Waals surface area contributed by atoms with Gasteiger partial charge in [-0.2, -0.15) is 0 Å². The molecule has 0 atom stereocenters. The van der Waals surface area contributed by atoms with Gasteiger partial charge in [0.15, 0.2) is 0 Å².